The quantitative estimate of drug-likeness (QED) is 0.427. The van der Waals surface area contributed by atoms with E-state index >= 15 is 0 Å². The topological polar surface area (TPSA) is 112 Å². The SMILES string of the molecule is COc1ccc(Cn2nc(C)c(NC(=O)c3cc(C(N)=O)nc4c(F)cc(Cl)cc34)c2C)cc1. The number of carbonyl (C=O) groups excluding carboxylic acids is 2. The lowest BCUT2D eigenvalue weighted by atomic mass is 10.1. The van der Waals surface area contributed by atoms with Crippen molar-refractivity contribution in [1.29, 1.82) is 0 Å². The third kappa shape index (κ3) is 4.42. The Bertz CT molecular complexity index is 1430. The predicted octanol–water partition coefficient (Wildman–Crippen LogP) is 4.25. The van der Waals surface area contributed by atoms with E-state index in [-0.39, 0.29) is 27.2 Å². The van der Waals surface area contributed by atoms with Crippen molar-refractivity contribution in [3.05, 3.63) is 81.5 Å². The second kappa shape index (κ2) is 9.11. The van der Waals surface area contributed by atoms with Gasteiger partial charge in [-0.05, 0) is 49.7 Å². The van der Waals surface area contributed by atoms with E-state index in [0.717, 1.165) is 23.1 Å². The number of anilines is 1. The van der Waals surface area contributed by atoms with Gasteiger partial charge >= 0.3 is 0 Å². The van der Waals surface area contributed by atoms with Gasteiger partial charge in [0.15, 0.2) is 5.82 Å². The van der Waals surface area contributed by atoms with E-state index < -0.39 is 17.6 Å². The molecule has 2 amide bonds. The molecule has 4 aromatic rings. The summed E-state index contributed by atoms with van der Waals surface area (Å²) in [5, 5.41) is 7.61. The van der Waals surface area contributed by atoms with E-state index in [1.165, 1.54) is 12.1 Å². The number of aromatic nitrogens is 3. The molecular weight excluding hydrogens is 461 g/mol. The summed E-state index contributed by atoms with van der Waals surface area (Å²) in [5.74, 6) is -1.47. The number of fused-ring (bicyclic) bond motifs is 1. The fourth-order valence-electron chi connectivity index (χ4n) is 3.68. The second-order valence-corrected chi connectivity index (χ2v) is 8.15. The van der Waals surface area contributed by atoms with Crippen molar-refractivity contribution in [1.82, 2.24) is 14.8 Å². The number of pyridine rings is 1. The number of halogens is 2. The maximum absolute atomic E-state index is 14.5. The van der Waals surface area contributed by atoms with Gasteiger partial charge in [0, 0.05) is 10.4 Å². The monoisotopic (exact) mass is 481 g/mol. The van der Waals surface area contributed by atoms with Crippen LogP contribution in [0.3, 0.4) is 0 Å². The fraction of sp³-hybridized carbons (Fsp3) is 0.167. The van der Waals surface area contributed by atoms with E-state index in [2.05, 4.69) is 15.4 Å². The van der Waals surface area contributed by atoms with Gasteiger partial charge in [-0.3, -0.25) is 14.3 Å². The van der Waals surface area contributed by atoms with Crippen molar-refractivity contribution in [2.75, 3.05) is 12.4 Å². The van der Waals surface area contributed by atoms with E-state index in [1.54, 1.807) is 18.7 Å². The molecule has 0 fully saturated rings. The summed E-state index contributed by atoms with van der Waals surface area (Å²) in [7, 11) is 1.60. The molecule has 3 N–H and O–H groups in total. The van der Waals surface area contributed by atoms with Crippen LogP contribution in [0, 0.1) is 19.7 Å². The van der Waals surface area contributed by atoms with Crippen molar-refractivity contribution in [3.63, 3.8) is 0 Å². The summed E-state index contributed by atoms with van der Waals surface area (Å²) in [6, 6.07) is 11.3. The first-order chi connectivity index (χ1) is 16.2. The summed E-state index contributed by atoms with van der Waals surface area (Å²) in [6.07, 6.45) is 0. The molecule has 174 valence electrons. The smallest absolute Gasteiger partial charge is 0.267 e. The van der Waals surface area contributed by atoms with Crippen LogP contribution in [0.25, 0.3) is 10.9 Å². The van der Waals surface area contributed by atoms with Crippen LogP contribution in [-0.2, 0) is 6.54 Å². The summed E-state index contributed by atoms with van der Waals surface area (Å²) in [4.78, 5) is 29.0. The lowest BCUT2D eigenvalue weighted by Crippen LogP contribution is -2.18. The summed E-state index contributed by atoms with van der Waals surface area (Å²) in [6.45, 7) is 4.08. The minimum absolute atomic E-state index is 0.0157. The van der Waals surface area contributed by atoms with Crippen LogP contribution >= 0.6 is 11.6 Å². The summed E-state index contributed by atoms with van der Waals surface area (Å²) in [5.41, 5.74) is 7.78. The van der Waals surface area contributed by atoms with Crippen molar-refractivity contribution < 1.29 is 18.7 Å². The minimum Gasteiger partial charge on any atom is -0.497 e. The molecule has 0 aliphatic carbocycles. The number of primary amides is 1. The molecule has 0 atom stereocenters. The molecule has 2 aromatic heterocycles. The fourth-order valence-corrected chi connectivity index (χ4v) is 3.89. The van der Waals surface area contributed by atoms with Gasteiger partial charge in [0.25, 0.3) is 11.8 Å². The number of methoxy groups -OCH3 is 1. The van der Waals surface area contributed by atoms with E-state index in [1.807, 2.05) is 31.2 Å². The highest BCUT2D eigenvalue weighted by Gasteiger charge is 2.21. The number of nitrogens with one attached hydrogen (secondary N) is 1. The lowest BCUT2D eigenvalue weighted by molar-refractivity contribution is 0.0996. The molecule has 4 rings (SSSR count). The zero-order chi connectivity index (χ0) is 24.6. The maximum Gasteiger partial charge on any atom is 0.267 e. The number of aryl methyl sites for hydroxylation is 1. The van der Waals surface area contributed by atoms with Gasteiger partial charge in [-0.15, -0.1) is 0 Å². The van der Waals surface area contributed by atoms with Crippen molar-refractivity contribution in [2.24, 2.45) is 5.73 Å². The summed E-state index contributed by atoms with van der Waals surface area (Å²) >= 11 is 6.00. The van der Waals surface area contributed by atoms with Crippen LogP contribution in [-0.4, -0.2) is 33.7 Å². The highest BCUT2D eigenvalue weighted by Crippen LogP contribution is 2.28. The van der Waals surface area contributed by atoms with Gasteiger partial charge in [-0.1, -0.05) is 23.7 Å². The van der Waals surface area contributed by atoms with Gasteiger partial charge in [0.05, 0.1) is 36.3 Å². The highest BCUT2D eigenvalue weighted by atomic mass is 35.5. The molecule has 0 bridgehead atoms. The first-order valence-electron chi connectivity index (χ1n) is 10.3. The standard InChI is InChI=1S/C24H21ClFN5O3/c1-12-21(13(2)31(30-12)11-14-4-6-16(34-3)7-5-14)29-24(33)18-10-20(23(27)32)28-22-17(18)8-15(25)9-19(22)26/h4-10H,11H2,1-3H3,(H2,27,32)(H,29,33). The molecule has 0 unspecified atom stereocenters. The number of nitrogens with zero attached hydrogens (tertiary/aromatic N) is 3. The van der Waals surface area contributed by atoms with Crippen LogP contribution in [0.5, 0.6) is 5.75 Å². The Balaban J connectivity index is 1.70. The zero-order valence-electron chi connectivity index (χ0n) is 18.6. The van der Waals surface area contributed by atoms with E-state index in [4.69, 9.17) is 22.1 Å². The van der Waals surface area contributed by atoms with Crippen LogP contribution in [0.15, 0.2) is 42.5 Å². The predicted molar refractivity (Wildman–Crippen MR) is 127 cm³/mol. The van der Waals surface area contributed by atoms with Crippen LogP contribution < -0.4 is 15.8 Å². The van der Waals surface area contributed by atoms with Crippen LogP contribution in [0.2, 0.25) is 5.02 Å². The number of carbonyl (C=O) groups is 2. The van der Waals surface area contributed by atoms with Crippen molar-refractivity contribution >= 4 is 40.0 Å². The van der Waals surface area contributed by atoms with Crippen LogP contribution in [0.4, 0.5) is 10.1 Å². The molecule has 8 nitrogen and oxygen atoms in total. The number of amides is 2. The molecule has 34 heavy (non-hydrogen) atoms. The van der Waals surface area contributed by atoms with Gasteiger partial charge in [0.2, 0.25) is 0 Å². The Hall–Kier alpha value is -3.98. The minimum atomic E-state index is -0.884. The van der Waals surface area contributed by atoms with Gasteiger partial charge in [0.1, 0.15) is 17.0 Å². The molecule has 0 saturated carbocycles. The molecule has 0 aliphatic heterocycles. The zero-order valence-corrected chi connectivity index (χ0v) is 19.4. The Morgan fingerprint density at radius 2 is 1.88 bits per heavy atom. The largest absolute Gasteiger partial charge is 0.497 e. The van der Waals surface area contributed by atoms with E-state index in [9.17, 15) is 14.0 Å². The van der Waals surface area contributed by atoms with Crippen molar-refractivity contribution in [2.45, 2.75) is 20.4 Å². The molecular formula is C24H21ClFN5O3. The molecule has 2 heterocycles. The van der Waals surface area contributed by atoms with Gasteiger partial charge in [-0.2, -0.15) is 5.10 Å². The first kappa shape index (κ1) is 23.2. The van der Waals surface area contributed by atoms with Crippen LogP contribution in [0.1, 0.15) is 37.8 Å². The number of hydrogen-bond donors (Lipinski definition) is 2. The average molecular weight is 482 g/mol. The highest BCUT2D eigenvalue weighted by molar-refractivity contribution is 6.31. The normalized spacial score (nSPS) is 11.0. The number of hydrogen-bond acceptors (Lipinski definition) is 5. The lowest BCUT2D eigenvalue weighted by Gasteiger charge is -2.11. The Labute approximate surface area is 199 Å². The van der Waals surface area contributed by atoms with E-state index in [0.29, 0.717) is 17.9 Å². The van der Waals surface area contributed by atoms with Crippen molar-refractivity contribution in [3.8, 4) is 5.75 Å². The van der Waals surface area contributed by atoms with Gasteiger partial charge in [-0.25, -0.2) is 9.37 Å². The average Bonchev–Trinajstić information content (AvgIpc) is 3.06. The molecule has 0 aliphatic rings. The molecule has 10 heteroatoms. The number of rotatable bonds is 6. The molecule has 0 saturated heterocycles. The molecule has 2 aromatic carbocycles. The molecule has 0 spiro atoms. The third-order valence-electron chi connectivity index (χ3n) is 5.44. The molecule has 0 radical (unpaired) electrons. The maximum atomic E-state index is 14.5. The first-order valence-corrected chi connectivity index (χ1v) is 10.6. The Kier molecular flexibility index (Phi) is 6.21. The number of ether oxygens (including phenoxy) is 1. The Morgan fingerprint density at radius 3 is 2.53 bits per heavy atom. The Morgan fingerprint density at radius 1 is 1.18 bits per heavy atom. The summed E-state index contributed by atoms with van der Waals surface area (Å²) < 4.78 is 21.4. The number of nitrogens with two attached hydrogens (primary N) is 1. The van der Waals surface area contributed by atoms with Gasteiger partial charge < -0.3 is 15.8 Å². The number of benzene rings is 2. The third-order valence-corrected chi connectivity index (χ3v) is 5.66. The second-order valence-electron chi connectivity index (χ2n) is 7.71.